The molecule has 1 aromatic carbocycles. The van der Waals surface area contributed by atoms with Crippen molar-refractivity contribution in [2.45, 2.75) is 18.2 Å². The van der Waals surface area contributed by atoms with Crippen molar-refractivity contribution >= 4 is 29.3 Å². The monoisotopic (exact) mass is 291 g/mol. The maximum Gasteiger partial charge on any atom is 0.253 e. The van der Waals surface area contributed by atoms with Crippen LogP contribution in [0.25, 0.3) is 0 Å². The van der Waals surface area contributed by atoms with Gasteiger partial charge in [-0.1, -0.05) is 17.7 Å². The Balaban J connectivity index is 2.79. The molecule has 0 fully saturated rings. The third kappa shape index (κ3) is 3.60. The molecule has 18 heavy (non-hydrogen) atoms. The zero-order chi connectivity index (χ0) is 13.7. The summed E-state index contributed by atoms with van der Waals surface area (Å²) in [4.78, 5) is 11.9. The van der Waals surface area contributed by atoms with Gasteiger partial charge in [-0.15, -0.1) is 0 Å². The van der Waals surface area contributed by atoms with Gasteiger partial charge in [-0.25, -0.2) is 4.39 Å². The number of nitrogens with one attached hydrogen (secondary N) is 1. The highest BCUT2D eigenvalue weighted by molar-refractivity contribution is 7.99. The Bertz CT molecular complexity index is 427. The van der Waals surface area contributed by atoms with E-state index in [1.165, 1.54) is 30.0 Å². The van der Waals surface area contributed by atoms with E-state index in [1.54, 1.807) is 6.92 Å². The number of carbonyl (C=O) groups excluding carboxylic acids is 1. The number of aliphatic hydroxyl groups is 1. The average molecular weight is 292 g/mol. The van der Waals surface area contributed by atoms with Gasteiger partial charge in [0.15, 0.2) is 0 Å². The molecule has 1 aromatic rings. The molecule has 6 heteroatoms. The number of carbonyl (C=O) groups is 1. The highest BCUT2D eigenvalue weighted by Crippen LogP contribution is 2.20. The van der Waals surface area contributed by atoms with Crippen LogP contribution in [-0.2, 0) is 0 Å². The summed E-state index contributed by atoms with van der Waals surface area (Å²) >= 11 is 7.18. The minimum Gasteiger partial charge on any atom is -0.395 e. The molecule has 0 aliphatic rings. The van der Waals surface area contributed by atoms with E-state index in [1.807, 2.05) is 6.26 Å². The summed E-state index contributed by atoms with van der Waals surface area (Å²) in [5, 5.41) is 11.5. The number of aliphatic hydroxyl groups excluding tert-OH is 1. The fraction of sp³-hybridized carbons (Fsp3) is 0.417. The molecule has 100 valence electrons. The van der Waals surface area contributed by atoms with Gasteiger partial charge in [0.25, 0.3) is 5.91 Å². The molecule has 3 nitrogen and oxygen atoms in total. The predicted octanol–water partition coefficient (Wildman–Crippen LogP) is 2.32. The molecule has 0 aromatic heterocycles. The van der Waals surface area contributed by atoms with Gasteiger partial charge in [0.1, 0.15) is 5.82 Å². The second kappa shape index (κ2) is 6.97. The quantitative estimate of drug-likeness (QED) is 0.875. The molecule has 1 amide bonds. The molecule has 0 bridgehead atoms. The van der Waals surface area contributed by atoms with Crippen molar-refractivity contribution in [3.8, 4) is 0 Å². The van der Waals surface area contributed by atoms with Gasteiger partial charge >= 0.3 is 0 Å². The first kappa shape index (κ1) is 15.3. The highest BCUT2D eigenvalue weighted by Gasteiger charge is 2.20. The Kier molecular flexibility index (Phi) is 5.91. The van der Waals surface area contributed by atoms with Crippen LogP contribution < -0.4 is 5.32 Å². The average Bonchev–Trinajstić information content (AvgIpc) is 2.34. The van der Waals surface area contributed by atoms with Crippen molar-refractivity contribution in [2.75, 3.05) is 12.9 Å². The molecule has 0 saturated carbocycles. The predicted molar refractivity (Wildman–Crippen MR) is 72.7 cm³/mol. The van der Waals surface area contributed by atoms with E-state index >= 15 is 0 Å². The van der Waals surface area contributed by atoms with Crippen LogP contribution in [-0.4, -0.2) is 35.2 Å². The van der Waals surface area contributed by atoms with Crippen LogP contribution in [0.15, 0.2) is 18.2 Å². The summed E-state index contributed by atoms with van der Waals surface area (Å²) in [5.74, 6) is -1.07. The molecule has 0 spiro atoms. The number of halogens is 2. The normalized spacial score (nSPS) is 14.1. The van der Waals surface area contributed by atoms with Gasteiger partial charge in [-0.05, 0) is 25.3 Å². The van der Waals surface area contributed by atoms with Crippen LogP contribution in [0.5, 0.6) is 0 Å². The van der Waals surface area contributed by atoms with E-state index in [9.17, 15) is 9.18 Å². The van der Waals surface area contributed by atoms with Crippen LogP contribution in [0.4, 0.5) is 4.39 Å². The largest absolute Gasteiger partial charge is 0.395 e. The lowest BCUT2D eigenvalue weighted by molar-refractivity contribution is 0.0935. The smallest absolute Gasteiger partial charge is 0.253 e. The summed E-state index contributed by atoms with van der Waals surface area (Å²) in [6.07, 6.45) is 1.85. The van der Waals surface area contributed by atoms with Crippen LogP contribution in [0.1, 0.15) is 17.3 Å². The second-order valence-corrected chi connectivity index (χ2v) is 5.28. The standard InChI is InChI=1S/C12H15ClFNO2S/c1-7(10(6-16)18-2)15-12(17)8-4-3-5-9(14)11(8)13/h3-5,7,10,16H,6H2,1-2H3,(H,15,17). The Morgan fingerprint density at radius 1 is 1.61 bits per heavy atom. The van der Waals surface area contributed by atoms with Crippen LogP contribution in [0, 0.1) is 5.82 Å². The first-order chi connectivity index (χ1) is 8.51. The number of amides is 1. The fourth-order valence-corrected chi connectivity index (χ4v) is 2.33. The lowest BCUT2D eigenvalue weighted by Gasteiger charge is -2.21. The molecule has 0 heterocycles. The molecular weight excluding hydrogens is 277 g/mol. The lowest BCUT2D eigenvalue weighted by Crippen LogP contribution is -2.41. The Labute approximate surface area is 115 Å². The maximum absolute atomic E-state index is 13.2. The maximum atomic E-state index is 13.2. The molecular formula is C12H15ClFNO2S. The van der Waals surface area contributed by atoms with Gasteiger partial charge in [0.05, 0.1) is 17.2 Å². The number of thioether (sulfide) groups is 1. The molecule has 2 unspecified atom stereocenters. The molecule has 1 rings (SSSR count). The summed E-state index contributed by atoms with van der Waals surface area (Å²) in [5.41, 5.74) is 0.0984. The Morgan fingerprint density at radius 2 is 2.28 bits per heavy atom. The molecule has 2 N–H and O–H groups in total. The number of benzene rings is 1. The van der Waals surface area contributed by atoms with Crippen molar-refractivity contribution in [2.24, 2.45) is 0 Å². The zero-order valence-corrected chi connectivity index (χ0v) is 11.7. The second-order valence-electron chi connectivity index (χ2n) is 3.82. The minimum absolute atomic E-state index is 0.0422. The SMILES string of the molecule is CSC(CO)C(C)NC(=O)c1cccc(F)c1Cl. The van der Waals surface area contributed by atoms with Gasteiger partial charge in [0, 0.05) is 11.3 Å². The summed E-state index contributed by atoms with van der Waals surface area (Å²) in [6, 6.07) is 3.84. The van der Waals surface area contributed by atoms with Crippen LogP contribution in [0.2, 0.25) is 5.02 Å². The number of rotatable bonds is 5. The highest BCUT2D eigenvalue weighted by atomic mass is 35.5. The van der Waals surface area contributed by atoms with E-state index in [4.69, 9.17) is 16.7 Å². The minimum atomic E-state index is -0.624. The van der Waals surface area contributed by atoms with E-state index in [0.717, 1.165) is 0 Å². The van der Waals surface area contributed by atoms with Crippen molar-refractivity contribution in [1.29, 1.82) is 0 Å². The van der Waals surface area contributed by atoms with Gasteiger partial charge < -0.3 is 10.4 Å². The summed E-state index contributed by atoms with van der Waals surface area (Å²) in [7, 11) is 0. The first-order valence-electron chi connectivity index (χ1n) is 5.39. The van der Waals surface area contributed by atoms with Crippen molar-refractivity contribution in [1.82, 2.24) is 5.32 Å². The van der Waals surface area contributed by atoms with Gasteiger partial charge in [0.2, 0.25) is 0 Å². The molecule has 0 aliphatic heterocycles. The Morgan fingerprint density at radius 3 is 2.83 bits per heavy atom. The Hall–Kier alpha value is -0.780. The zero-order valence-electron chi connectivity index (χ0n) is 10.1. The third-order valence-corrected chi connectivity index (χ3v) is 4.14. The first-order valence-corrected chi connectivity index (χ1v) is 7.06. The third-order valence-electron chi connectivity index (χ3n) is 2.60. The molecule has 0 saturated heterocycles. The summed E-state index contributed by atoms with van der Waals surface area (Å²) < 4.78 is 13.2. The van der Waals surface area contributed by atoms with Crippen LogP contribution >= 0.6 is 23.4 Å². The van der Waals surface area contributed by atoms with Crippen molar-refractivity contribution in [3.63, 3.8) is 0 Å². The van der Waals surface area contributed by atoms with E-state index in [2.05, 4.69) is 5.32 Å². The van der Waals surface area contributed by atoms with Crippen LogP contribution in [0.3, 0.4) is 0 Å². The summed E-state index contributed by atoms with van der Waals surface area (Å²) in [6.45, 7) is 1.74. The molecule has 2 atom stereocenters. The topological polar surface area (TPSA) is 49.3 Å². The van der Waals surface area contributed by atoms with E-state index in [-0.39, 0.29) is 28.5 Å². The van der Waals surface area contributed by atoms with Gasteiger partial charge in [-0.3, -0.25) is 4.79 Å². The molecule has 0 aliphatic carbocycles. The van der Waals surface area contributed by atoms with E-state index in [0.29, 0.717) is 0 Å². The van der Waals surface area contributed by atoms with E-state index < -0.39 is 11.7 Å². The van der Waals surface area contributed by atoms with Crippen molar-refractivity contribution in [3.05, 3.63) is 34.6 Å². The number of hydrogen-bond donors (Lipinski definition) is 2. The van der Waals surface area contributed by atoms with Crippen molar-refractivity contribution < 1.29 is 14.3 Å². The van der Waals surface area contributed by atoms with Gasteiger partial charge in [-0.2, -0.15) is 11.8 Å². The fourth-order valence-electron chi connectivity index (χ4n) is 1.49. The lowest BCUT2D eigenvalue weighted by atomic mass is 10.1. The molecule has 0 radical (unpaired) electrons. The number of hydrogen-bond acceptors (Lipinski definition) is 3.